The molecule has 2 atom stereocenters. The molecule has 0 aromatic rings. The third kappa shape index (κ3) is 2.78. The second kappa shape index (κ2) is 6.13. The minimum Gasteiger partial charge on any atom is -0.378 e. The van der Waals surface area contributed by atoms with Crippen LogP contribution in [-0.2, 0) is 4.74 Å². The van der Waals surface area contributed by atoms with Gasteiger partial charge in [0.15, 0.2) is 0 Å². The van der Waals surface area contributed by atoms with Gasteiger partial charge in [0.25, 0.3) is 0 Å². The van der Waals surface area contributed by atoms with Crippen LogP contribution in [0.5, 0.6) is 0 Å². The Bertz CT molecular complexity index is 374. The number of likely N-dealkylation sites (tertiary alicyclic amines) is 1. The predicted octanol–water partition coefficient (Wildman–Crippen LogP) is 1.86. The van der Waals surface area contributed by atoms with Crippen molar-refractivity contribution in [3.63, 3.8) is 0 Å². The summed E-state index contributed by atoms with van der Waals surface area (Å²) in [4.78, 5) is 12.9. The summed E-state index contributed by atoms with van der Waals surface area (Å²) in [6.45, 7) is 4.52. The average Bonchev–Trinajstić information content (AvgIpc) is 2.99. The predicted molar refractivity (Wildman–Crippen MR) is 82.0 cm³/mol. The molecule has 5 heteroatoms. The van der Waals surface area contributed by atoms with Gasteiger partial charge >= 0.3 is 6.03 Å². The van der Waals surface area contributed by atoms with E-state index in [1.54, 1.807) is 4.90 Å². The van der Waals surface area contributed by atoms with Crippen molar-refractivity contribution in [1.29, 1.82) is 0 Å². The average molecular weight is 295 g/mol. The van der Waals surface area contributed by atoms with Gasteiger partial charge in [-0.25, -0.2) is 4.79 Å². The van der Waals surface area contributed by atoms with Crippen LogP contribution in [0.25, 0.3) is 0 Å². The fourth-order valence-electron chi connectivity index (χ4n) is 4.67. The number of hydrogen-bond donors (Lipinski definition) is 2. The van der Waals surface area contributed by atoms with E-state index in [0.29, 0.717) is 23.6 Å². The van der Waals surface area contributed by atoms with Crippen molar-refractivity contribution in [3.05, 3.63) is 0 Å². The van der Waals surface area contributed by atoms with Crippen LogP contribution in [0.4, 0.5) is 4.79 Å². The van der Waals surface area contributed by atoms with E-state index < -0.39 is 0 Å². The molecule has 3 fully saturated rings. The van der Waals surface area contributed by atoms with Crippen LogP contribution < -0.4 is 11.1 Å². The Morgan fingerprint density at radius 1 is 1.33 bits per heavy atom. The van der Waals surface area contributed by atoms with Crippen molar-refractivity contribution < 1.29 is 9.53 Å². The van der Waals surface area contributed by atoms with Crippen LogP contribution >= 0.6 is 0 Å². The van der Waals surface area contributed by atoms with E-state index in [2.05, 4.69) is 12.2 Å². The number of hydrogen-bond acceptors (Lipinski definition) is 3. The van der Waals surface area contributed by atoms with Crippen LogP contribution in [0.3, 0.4) is 0 Å². The number of nitrogens with two attached hydrogens (primary N) is 1. The topological polar surface area (TPSA) is 67.6 Å². The maximum absolute atomic E-state index is 11.2. The summed E-state index contributed by atoms with van der Waals surface area (Å²) in [5.74, 6) is 0. The zero-order valence-electron chi connectivity index (χ0n) is 13.1. The maximum Gasteiger partial charge on any atom is 0.314 e. The molecule has 1 spiro atoms. The molecule has 3 rings (SSSR count). The van der Waals surface area contributed by atoms with Gasteiger partial charge in [0.05, 0.1) is 6.10 Å². The molecule has 2 saturated carbocycles. The number of nitrogens with zero attached hydrogens (tertiary/aromatic N) is 1. The molecule has 3 aliphatic rings. The van der Waals surface area contributed by atoms with E-state index >= 15 is 0 Å². The smallest absolute Gasteiger partial charge is 0.314 e. The number of rotatable bonds is 4. The lowest BCUT2D eigenvalue weighted by atomic mass is 9.60. The molecule has 120 valence electrons. The molecule has 0 radical (unpaired) electrons. The summed E-state index contributed by atoms with van der Waals surface area (Å²) < 4.78 is 5.97. The van der Waals surface area contributed by atoms with Gasteiger partial charge in [0.1, 0.15) is 0 Å². The Morgan fingerprint density at radius 3 is 2.57 bits per heavy atom. The number of ether oxygens (including phenoxy) is 1. The number of amides is 2. The summed E-state index contributed by atoms with van der Waals surface area (Å²) in [5, 5.41) is 3.88. The van der Waals surface area contributed by atoms with Gasteiger partial charge < -0.3 is 20.7 Å². The molecule has 1 saturated heterocycles. The number of carbonyl (C=O) groups is 1. The second-order valence-corrected chi connectivity index (χ2v) is 6.94. The Kier molecular flexibility index (Phi) is 4.41. The first-order chi connectivity index (χ1) is 10.2. The van der Waals surface area contributed by atoms with Crippen molar-refractivity contribution in [2.45, 2.75) is 70.1 Å². The molecule has 1 heterocycles. The molecule has 5 nitrogen and oxygen atoms in total. The van der Waals surface area contributed by atoms with Gasteiger partial charge in [0, 0.05) is 37.2 Å². The highest BCUT2D eigenvalue weighted by atomic mass is 16.5. The normalized spacial score (nSPS) is 32.3. The summed E-state index contributed by atoms with van der Waals surface area (Å²) in [6.07, 6.45) is 9.00. The van der Waals surface area contributed by atoms with Gasteiger partial charge in [-0.3, -0.25) is 0 Å². The maximum atomic E-state index is 11.2. The molecule has 3 N–H and O–H groups in total. The molecular weight excluding hydrogens is 266 g/mol. The highest BCUT2D eigenvalue weighted by molar-refractivity contribution is 5.72. The molecule has 1 aliphatic heterocycles. The van der Waals surface area contributed by atoms with E-state index in [-0.39, 0.29) is 6.03 Å². The third-order valence-electron chi connectivity index (χ3n) is 5.93. The van der Waals surface area contributed by atoms with E-state index in [4.69, 9.17) is 10.5 Å². The van der Waals surface area contributed by atoms with Crippen LogP contribution in [0.15, 0.2) is 0 Å². The Hall–Kier alpha value is -0.810. The minimum absolute atomic E-state index is 0.277. The minimum atomic E-state index is -0.277. The number of piperidine rings is 1. The highest BCUT2D eigenvalue weighted by Crippen LogP contribution is 2.55. The zero-order chi connectivity index (χ0) is 14.9. The number of primary amides is 1. The van der Waals surface area contributed by atoms with Crippen molar-refractivity contribution in [2.75, 3.05) is 19.7 Å². The third-order valence-corrected chi connectivity index (χ3v) is 5.93. The fourth-order valence-corrected chi connectivity index (χ4v) is 4.67. The van der Waals surface area contributed by atoms with E-state index in [1.165, 1.54) is 25.7 Å². The largest absolute Gasteiger partial charge is 0.378 e. The van der Waals surface area contributed by atoms with Crippen molar-refractivity contribution in [3.8, 4) is 0 Å². The molecule has 0 bridgehead atoms. The summed E-state index contributed by atoms with van der Waals surface area (Å²) in [6, 6.07) is 0.869. The van der Waals surface area contributed by atoms with E-state index in [1.807, 2.05) is 0 Å². The van der Waals surface area contributed by atoms with E-state index in [9.17, 15) is 4.79 Å². The number of nitrogens with one attached hydrogen (secondary N) is 1. The molecule has 2 aliphatic carbocycles. The number of carbonyl (C=O) groups excluding carboxylic acids is 1. The van der Waals surface area contributed by atoms with Crippen LogP contribution in [0.1, 0.15) is 51.9 Å². The van der Waals surface area contributed by atoms with Crippen molar-refractivity contribution in [2.24, 2.45) is 11.1 Å². The lowest BCUT2D eigenvalue weighted by Crippen LogP contribution is -2.65. The Morgan fingerprint density at radius 2 is 2.00 bits per heavy atom. The zero-order valence-corrected chi connectivity index (χ0v) is 13.1. The van der Waals surface area contributed by atoms with E-state index in [0.717, 1.165) is 39.0 Å². The SMILES string of the molecule is CCO[C@H]1C[C@@H](NC2CCN(C(N)=O)CC2)C12CCCC2. The first-order valence-corrected chi connectivity index (χ1v) is 8.58. The van der Waals surface area contributed by atoms with Gasteiger partial charge in [-0.1, -0.05) is 12.8 Å². The van der Waals surface area contributed by atoms with Gasteiger partial charge in [0.2, 0.25) is 0 Å². The van der Waals surface area contributed by atoms with Gasteiger partial charge in [-0.2, -0.15) is 0 Å². The van der Waals surface area contributed by atoms with Crippen LogP contribution in [0.2, 0.25) is 0 Å². The van der Waals surface area contributed by atoms with Crippen molar-refractivity contribution >= 4 is 6.03 Å². The fraction of sp³-hybridized carbons (Fsp3) is 0.938. The first-order valence-electron chi connectivity index (χ1n) is 8.58. The molecular formula is C16H29N3O2. The Balaban J connectivity index is 1.53. The lowest BCUT2D eigenvalue weighted by Gasteiger charge is -2.55. The van der Waals surface area contributed by atoms with Crippen LogP contribution in [0, 0.1) is 5.41 Å². The molecule has 0 aromatic carbocycles. The van der Waals surface area contributed by atoms with Crippen molar-refractivity contribution in [1.82, 2.24) is 10.2 Å². The first kappa shape index (κ1) is 15.1. The summed E-state index contributed by atoms with van der Waals surface area (Å²) in [5.41, 5.74) is 5.75. The molecule has 0 unspecified atom stereocenters. The Labute approximate surface area is 127 Å². The monoisotopic (exact) mass is 295 g/mol. The van der Waals surface area contributed by atoms with Gasteiger partial charge in [-0.05, 0) is 39.0 Å². The summed E-state index contributed by atoms with van der Waals surface area (Å²) in [7, 11) is 0. The molecule has 2 amide bonds. The molecule has 0 aromatic heterocycles. The molecule has 21 heavy (non-hydrogen) atoms. The summed E-state index contributed by atoms with van der Waals surface area (Å²) >= 11 is 0. The highest BCUT2D eigenvalue weighted by Gasteiger charge is 2.56. The quantitative estimate of drug-likeness (QED) is 0.832. The lowest BCUT2D eigenvalue weighted by molar-refractivity contribution is -0.133. The van der Waals surface area contributed by atoms with Crippen LogP contribution in [-0.4, -0.2) is 48.8 Å². The standard InChI is InChI=1S/C16H29N3O2/c1-2-21-14-11-13(16(14)7-3-4-8-16)18-12-5-9-19(10-6-12)15(17)20/h12-14,18H,2-11H2,1H3,(H2,17,20)/t13-,14+/m1/s1. The number of urea groups is 1. The second-order valence-electron chi connectivity index (χ2n) is 6.94. The van der Waals surface area contributed by atoms with Gasteiger partial charge in [-0.15, -0.1) is 0 Å².